The van der Waals surface area contributed by atoms with E-state index in [9.17, 15) is 13.2 Å². The molecule has 68 valence electrons. The predicted octanol–water partition coefficient (Wildman–Crippen LogP) is 2.66. The van der Waals surface area contributed by atoms with Crippen LogP contribution in [0.3, 0.4) is 0 Å². The molecular formula is C9H6F3N. The molecule has 0 saturated carbocycles. The second-order valence-electron chi connectivity index (χ2n) is 2.60. The molecule has 13 heavy (non-hydrogen) atoms. The minimum atomic E-state index is -4.19. The third-order valence-electron chi connectivity index (χ3n) is 1.49. The summed E-state index contributed by atoms with van der Waals surface area (Å²) in [4.78, 5) is 0. The number of nitriles is 1. The Kier molecular flexibility index (Phi) is 2.57. The van der Waals surface area contributed by atoms with E-state index in [1.807, 2.05) is 6.07 Å². The summed E-state index contributed by atoms with van der Waals surface area (Å²) in [5, 5.41) is 8.39. The number of hydrogen-bond acceptors (Lipinski definition) is 1. The molecule has 1 rings (SSSR count). The Morgan fingerprint density at radius 2 is 1.69 bits per heavy atom. The van der Waals surface area contributed by atoms with E-state index in [0.717, 1.165) is 0 Å². The van der Waals surface area contributed by atoms with Crippen molar-refractivity contribution in [2.75, 3.05) is 0 Å². The molecule has 0 aliphatic rings. The molecule has 0 saturated heterocycles. The molecule has 1 aromatic rings. The Hall–Kier alpha value is -1.50. The molecule has 0 radical (unpaired) electrons. The van der Waals surface area contributed by atoms with Gasteiger partial charge in [-0.05, 0) is 17.7 Å². The van der Waals surface area contributed by atoms with Crippen LogP contribution in [-0.4, -0.2) is 6.18 Å². The molecule has 0 aliphatic heterocycles. The third-order valence-corrected chi connectivity index (χ3v) is 1.49. The van der Waals surface area contributed by atoms with Crippen LogP contribution < -0.4 is 0 Å². The summed E-state index contributed by atoms with van der Waals surface area (Å²) in [5.74, 6) is 0. The summed E-state index contributed by atoms with van der Waals surface area (Å²) in [6.45, 7) is 0. The lowest BCUT2D eigenvalue weighted by Gasteiger charge is -2.05. The molecular weight excluding hydrogens is 179 g/mol. The molecule has 0 heterocycles. The summed E-state index contributed by atoms with van der Waals surface area (Å²) >= 11 is 0. The van der Waals surface area contributed by atoms with E-state index in [1.54, 1.807) is 0 Å². The molecule has 4 heteroatoms. The lowest BCUT2D eigenvalue weighted by Crippen LogP contribution is -2.11. The molecule has 1 aromatic carbocycles. The quantitative estimate of drug-likeness (QED) is 0.659. The highest BCUT2D eigenvalue weighted by Crippen LogP contribution is 2.21. The standard InChI is InChI=1S/C9H6F3N/c10-9(11,12)5-7-1-3-8(6-13)4-2-7/h1-4H,5H2. The first-order valence-corrected chi connectivity index (χ1v) is 3.57. The second kappa shape index (κ2) is 3.48. The van der Waals surface area contributed by atoms with Crippen molar-refractivity contribution in [3.8, 4) is 6.07 Å². The van der Waals surface area contributed by atoms with Gasteiger partial charge in [0.05, 0.1) is 18.1 Å². The van der Waals surface area contributed by atoms with Crippen LogP contribution in [0.4, 0.5) is 13.2 Å². The van der Waals surface area contributed by atoms with Gasteiger partial charge in [0, 0.05) is 0 Å². The summed E-state index contributed by atoms with van der Waals surface area (Å²) < 4.78 is 35.6. The SMILES string of the molecule is N#Cc1ccc(CC(F)(F)F)cc1. The van der Waals surface area contributed by atoms with E-state index in [-0.39, 0.29) is 5.56 Å². The fraction of sp³-hybridized carbons (Fsp3) is 0.222. The van der Waals surface area contributed by atoms with Crippen LogP contribution in [0.5, 0.6) is 0 Å². The molecule has 0 amide bonds. The molecule has 0 bridgehead atoms. The highest BCUT2D eigenvalue weighted by Gasteiger charge is 2.27. The van der Waals surface area contributed by atoms with E-state index < -0.39 is 12.6 Å². The highest BCUT2D eigenvalue weighted by atomic mass is 19.4. The Bertz CT molecular complexity index is 318. The van der Waals surface area contributed by atoms with E-state index in [4.69, 9.17) is 5.26 Å². The van der Waals surface area contributed by atoms with Crippen molar-refractivity contribution in [2.24, 2.45) is 0 Å². The van der Waals surface area contributed by atoms with Crippen molar-refractivity contribution in [2.45, 2.75) is 12.6 Å². The van der Waals surface area contributed by atoms with Gasteiger partial charge in [-0.25, -0.2) is 0 Å². The van der Waals surface area contributed by atoms with Gasteiger partial charge in [0.2, 0.25) is 0 Å². The van der Waals surface area contributed by atoms with Crippen LogP contribution in [0.15, 0.2) is 24.3 Å². The number of nitrogens with zero attached hydrogens (tertiary/aromatic N) is 1. The first kappa shape index (κ1) is 9.59. The summed E-state index contributed by atoms with van der Waals surface area (Å²) in [5.41, 5.74) is 0.539. The van der Waals surface area contributed by atoms with Crippen molar-refractivity contribution in [1.82, 2.24) is 0 Å². The van der Waals surface area contributed by atoms with Crippen LogP contribution in [0, 0.1) is 11.3 Å². The second-order valence-corrected chi connectivity index (χ2v) is 2.60. The van der Waals surface area contributed by atoms with Crippen molar-refractivity contribution in [3.63, 3.8) is 0 Å². The van der Waals surface area contributed by atoms with Gasteiger partial charge in [0.1, 0.15) is 0 Å². The third kappa shape index (κ3) is 3.16. The highest BCUT2D eigenvalue weighted by molar-refractivity contribution is 5.31. The van der Waals surface area contributed by atoms with Crippen molar-refractivity contribution in [1.29, 1.82) is 5.26 Å². The largest absolute Gasteiger partial charge is 0.393 e. The van der Waals surface area contributed by atoms with Crippen LogP contribution in [0.25, 0.3) is 0 Å². The normalized spacial score (nSPS) is 10.9. The van der Waals surface area contributed by atoms with E-state index >= 15 is 0 Å². The maximum Gasteiger partial charge on any atom is 0.393 e. The van der Waals surface area contributed by atoms with Gasteiger partial charge in [0.15, 0.2) is 0 Å². The number of alkyl halides is 3. The average Bonchev–Trinajstić information content (AvgIpc) is 2.03. The fourth-order valence-corrected chi connectivity index (χ4v) is 0.929. The Morgan fingerprint density at radius 1 is 1.15 bits per heavy atom. The topological polar surface area (TPSA) is 23.8 Å². The zero-order valence-corrected chi connectivity index (χ0v) is 6.60. The van der Waals surface area contributed by atoms with Crippen molar-refractivity contribution >= 4 is 0 Å². The number of benzene rings is 1. The minimum Gasteiger partial charge on any atom is -0.192 e. The fourth-order valence-electron chi connectivity index (χ4n) is 0.929. The lowest BCUT2D eigenvalue weighted by atomic mass is 10.1. The van der Waals surface area contributed by atoms with Crippen LogP contribution in [0.2, 0.25) is 0 Å². The summed E-state index contributed by atoms with van der Waals surface area (Å²) in [6.07, 6.45) is -5.13. The number of rotatable bonds is 1. The first-order valence-electron chi connectivity index (χ1n) is 3.57. The molecule has 1 nitrogen and oxygen atoms in total. The summed E-state index contributed by atoms with van der Waals surface area (Å²) in [7, 11) is 0. The molecule has 0 unspecified atom stereocenters. The van der Waals surface area contributed by atoms with E-state index in [2.05, 4.69) is 0 Å². The molecule has 0 spiro atoms. The van der Waals surface area contributed by atoms with Crippen molar-refractivity contribution < 1.29 is 13.2 Å². The van der Waals surface area contributed by atoms with E-state index in [1.165, 1.54) is 24.3 Å². The summed E-state index contributed by atoms with van der Waals surface area (Å²) in [6, 6.07) is 7.21. The van der Waals surface area contributed by atoms with Crippen LogP contribution in [-0.2, 0) is 6.42 Å². The zero-order valence-electron chi connectivity index (χ0n) is 6.60. The van der Waals surface area contributed by atoms with Crippen molar-refractivity contribution in [3.05, 3.63) is 35.4 Å². The zero-order chi connectivity index (χ0) is 9.90. The monoisotopic (exact) mass is 185 g/mol. The molecule has 0 atom stereocenters. The maximum atomic E-state index is 11.9. The molecule has 0 fully saturated rings. The molecule has 0 aromatic heterocycles. The van der Waals surface area contributed by atoms with Gasteiger partial charge >= 0.3 is 6.18 Å². The van der Waals surface area contributed by atoms with Gasteiger partial charge in [-0.15, -0.1) is 0 Å². The smallest absolute Gasteiger partial charge is 0.192 e. The van der Waals surface area contributed by atoms with Crippen LogP contribution >= 0.6 is 0 Å². The molecule has 0 N–H and O–H groups in total. The predicted molar refractivity (Wildman–Crippen MR) is 40.9 cm³/mol. The maximum absolute atomic E-state index is 11.9. The van der Waals surface area contributed by atoms with Gasteiger partial charge in [-0.1, -0.05) is 12.1 Å². The Balaban J connectivity index is 2.77. The van der Waals surface area contributed by atoms with Gasteiger partial charge < -0.3 is 0 Å². The first-order chi connectivity index (χ1) is 6.01. The van der Waals surface area contributed by atoms with Crippen LogP contribution in [0.1, 0.15) is 11.1 Å². The number of halogens is 3. The number of hydrogen-bond donors (Lipinski definition) is 0. The Labute approximate surface area is 73.4 Å². The molecule has 0 aliphatic carbocycles. The minimum absolute atomic E-state index is 0.173. The van der Waals surface area contributed by atoms with E-state index in [0.29, 0.717) is 5.56 Å². The van der Waals surface area contributed by atoms with Gasteiger partial charge in [-0.3, -0.25) is 0 Å². The Morgan fingerprint density at radius 3 is 2.08 bits per heavy atom. The van der Waals surface area contributed by atoms with Gasteiger partial charge in [-0.2, -0.15) is 18.4 Å². The van der Waals surface area contributed by atoms with Gasteiger partial charge in [0.25, 0.3) is 0 Å². The average molecular weight is 185 g/mol. The lowest BCUT2D eigenvalue weighted by molar-refractivity contribution is -0.127.